The molecule has 0 aromatic heterocycles. The summed E-state index contributed by atoms with van der Waals surface area (Å²) in [4.78, 5) is 10.7. The summed E-state index contributed by atoms with van der Waals surface area (Å²) >= 11 is 0. The second-order valence-corrected chi connectivity index (χ2v) is 8.73. The Morgan fingerprint density at radius 1 is 1.31 bits per heavy atom. The van der Waals surface area contributed by atoms with Crippen molar-refractivity contribution in [3.63, 3.8) is 0 Å². The number of nitro groups is 1. The van der Waals surface area contributed by atoms with Gasteiger partial charge in [0.05, 0.1) is 16.4 Å². The van der Waals surface area contributed by atoms with E-state index in [1.165, 1.54) is 12.1 Å². The molecule has 8 nitrogen and oxygen atoms in total. The molecule has 0 amide bonds. The van der Waals surface area contributed by atoms with Gasteiger partial charge in [-0.3, -0.25) is 10.1 Å². The van der Waals surface area contributed by atoms with Crippen LogP contribution in [0.1, 0.15) is 39.5 Å². The van der Waals surface area contributed by atoms with Crippen LogP contribution >= 0.6 is 0 Å². The van der Waals surface area contributed by atoms with Crippen LogP contribution in [0.25, 0.3) is 0 Å². The van der Waals surface area contributed by atoms with Gasteiger partial charge in [0.2, 0.25) is 10.0 Å². The van der Waals surface area contributed by atoms with E-state index in [2.05, 4.69) is 17.0 Å². The second-order valence-electron chi connectivity index (χ2n) is 7.01. The first-order chi connectivity index (χ1) is 12.2. The first kappa shape index (κ1) is 20.6. The maximum absolute atomic E-state index is 12.6. The summed E-state index contributed by atoms with van der Waals surface area (Å²) in [6.07, 6.45) is 3.54. The molecular weight excluding hydrogens is 358 g/mol. The fourth-order valence-corrected chi connectivity index (χ4v) is 4.50. The summed E-state index contributed by atoms with van der Waals surface area (Å²) in [5.41, 5.74) is -0.00177. The number of sulfonamides is 1. The van der Waals surface area contributed by atoms with Crippen molar-refractivity contribution >= 4 is 21.4 Å². The van der Waals surface area contributed by atoms with Crippen LogP contribution in [0.3, 0.4) is 0 Å². The third kappa shape index (κ3) is 5.39. The molecule has 2 rings (SSSR count). The minimum Gasteiger partial charge on any atom is -0.383 e. The SMILES string of the molecule is COC[C@H](C)Nc1ccc(S(=O)(=O)NC2CCC(C)CC2)cc1[N+](=O)[O-]. The van der Waals surface area contributed by atoms with Crippen LogP contribution in [-0.4, -0.2) is 39.1 Å². The number of ether oxygens (including phenoxy) is 1. The summed E-state index contributed by atoms with van der Waals surface area (Å²) < 4.78 is 32.9. The number of nitrogens with one attached hydrogen (secondary N) is 2. The Kier molecular flexibility index (Phi) is 6.96. The Morgan fingerprint density at radius 3 is 2.54 bits per heavy atom. The molecule has 0 spiro atoms. The van der Waals surface area contributed by atoms with E-state index >= 15 is 0 Å². The average Bonchev–Trinajstić information content (AvgIpc) is 2.57. The van der Waals surface area contributed by atoms with Crippen molar-refractivity contribution in [1.82, 2.24) is 4.72 Å². The highest BCUT2D eigenvalue weighted by atomic mass is 32.2. The summed E-state index contributed by atoms with van der Waals surface area (Å²) in [7, 11) is -2.25. The molecule has 9 heteroatoms. The van der Waals surface area contributed by atoms with E-state index in [1.807, 2.05) is 6.92 Å². The first-order valence-electron chi connectivity index (χ1n) is 8.79. The number of benzene rings is 1. The van der Waals surface area contributed by atoms with Crippen LogP contribution in [0.5, 0.6) is 0 Å². The maximum atomic E-state index is 12.6. The van der Waals surface area contributed by atoms with Crippen LogP contribution in [0, 0.1) is 16.0 Å². The van der Waals surface area contributed by atoms with Crippen molar-refractivity contribution in [3.05, 3.63) is 28.3 Å². The topological polar surface area (TPSA) is 111 Å². The van der Waals surface area contributed by atoms with E-state index in [0.29, 0.717) is 12.5 Å². The second kappa shape index (κ2) is 8.79. The molecule has 0 aliphatic heterocycles. The molecule has 0 saturated heterocycles. The summed E-state index contributed by atoms with van der Waals surface area (Å²) in [5.74, 6) is 0.608. The van der Waals surface area contributed by atoms with Crippen LogP contribution < -0.4 is 10.0 Å². The molecule has 0 unspecified atom stereocenters. The molecule has 2 N–H and O–H groups in total. The van der Waals surface area contributed by atoms with Crippen LogP contribution in [0.2, 0.25) is 0 Å². The zero-order chi connectivity index (χ0) is 19.3. The Morgan fingerprint density at radius 2 is 1.96 bits per heavy atom. The quantitative estimate of drug-likeness (QED) is 0.526. The average molecular weight is 385 g/mol. The number of hydrogen-bond acceptors (Lipinski definition) is 6. The molecule has 1 aliphatic carbocycles. The van der Waals surface area contributed by atoms with Gasteiger partial charge in [-0.2, -0.15) is 0 Å². The monoisotopic (exact) mass is 385 g/mol. The van der Waals surface area contributed by atoms with E-state index in [0.717, 1.165) is 31.7 Å². The number of nitrogens with zero attached hydrogens (tertiary/aromatic N) is 1. The van der Waals surface area contributed by atoms with E-state index in [1.54, 1.807) is 7.11 Å². The normalized spacial score (nSPS) is 22.0. The zero-order valence-electron chi connectivity index (χ0n) is 15.4. The lowest BCUT2D eigenvalue weighted by molar-refractivity contribution is -0.384. The predicted octanol–water partition coefficient (Wildman–Crippen LogP) is 2.90. The minimum absolute atomic E-state index is 0.0900. The standard InChI is InChI=1S/C17H27N3O5S/c1-12-4-6-14(7-5-12)19-26(23,24)15-8-9-16(17(10-15)20(21)22)18-13(2)11-25-3/h8-10,12-14,18-19H,4-7,11H2,1-3H3/t12?,13-,14?/m0/s1. The molecule has 1 atom stereocenters. The largest absolute Gasteiger partial charge is 0.383 e. The highest BCUT2D eigenvalue weighted by Crippen LogP contribution is 2.29. The molecule has 0 radical (unpaired) electrons. The number of anilines is 1. The van der Waals surface area contributed by atoms with Crippen molar-refractivity contribution < 1.29 is 18.1 Å². The number of nitro benzene ring substituents is 1. The smallest absolute Gasteiger partial charge is 0.293 e. The highest BCUT2D eigenvalue weighted by molar-refractivity contribution is 7.89. The van der Waals surface area contributed by atoms with Gasteiger partial charge in [0.1, 0.15) is 5.69 Å². The van der Waals surface area contributed by atoms with Gasteiger partial charge in [-0.25, -0.2) is 13.1 Å². The molecule has 146 valence electrons. The van der Waals surface area contributed by atoms with Gasteiger partial charge in [-0.05, 0) is 50.7 Å². The van der Waals surface area contributed by atoms with Crippen LogP contribution in [0.4, 0.5) is 11.4 Å². The van der Waals surface area contributed by atoms with Gasteiger partial charge in [0.25, 0.3) is 5.69 Å². The van der Waals surface area contributed by atoms with Crippen molar-refractivity contribution in [2.75, 3.05) is 19.0 Å². The summed E-state index contributed by atoms with van der Waals surface area (Å²) in [6.45, 7) is 4.35. The van der Waals surface area contributed by atoms with Gasteiger partial charge < -0.3 is 10.1 Å². The molecule has 1 fully saturated rings. The van der Waals surface area contributed by atoms with Gasteiger partial charge in [-0.15, -0.1) is 0 Å². The number of methoxy groups -OCH3 is 1. The lowest BCUT2D eigenvalue weighted by Gasteiger charge is -2.26. The zero-order valence-corrected chi connectivity index (χ0v) is 16.2. The van der Waals surface area contributed by atoms with Crippen LogP contribution in [-0.2, 0) is 14.8 Å². The van der Waals surface area contributed by atoms with E-state index in [9.17, 15) is 18.5 Å². The molecule has 0 heterocycles. The van der Waals surface area contributed by atoms with E-state index in [4.69, 9.17) is 4.74 Å². The van der Waals surface area contributed by atoms with Crippen molar-refractivity contribution in [1.29, 1.82) is 0 Å². The molecular formula is C17H27N3O5S. The Bertz CT molecular complexity index is 730. The Hall–Kier alpha value is -1.71. The van der Waals surface area contributed by atoms with E-state index < -0.39 is 14.9 Å². The van der Waals surface area contributed by atoms with Crippen LogP contribution in [0.15, 0.2) is 23.1 Å². The fraction of sp³-hybridized carbons (Fsp3) is 0.647. The predicted molar refractivity (Wildman–Crippen MR) is 99.8 cm³/mol. The third-order valence-corrected chi connectivity index (χ3v) is 6.15. The van der Waals surface area contributed by atoms with Gasteiger partial charge in [0.15, 0.2) is 0 Å². The third-order valence-electron chi connectivity index (χ3n) is 4.63. The van der Waals surface area contributed by atoms with Crippen molar-refractivity contribution in [3.8, 4) is 0 Å². The first-order valence-corrected chi connectivity index (χ1v) is 10.3. The lowest BCUT2D eigenvalue weighted by atomic mass is 9.88. The summed E-state index contributed by atoms with van der Waals surface area (Å²) in [6, 6.07) is 3.67. The molecule has 1 aromatic carbocycles. The minimum atomic E-state index is -3.80. The highest BCUT2D eigenvalue weighted by Gasteiger charge is 2.26. The Labute approximate surface area is 154 Å². The van der Waals surface area contributed by atoms with Crippen molar-refractivity contribution in [2.24, 2.45) is 5.92 Å². The summed E-state index contributed by atoms with van der Waals surface area (Å²) in [5, 5.41) is 14.4. The molecule has 0 bridgehead atoms. The molecule has 26 heavy (non-hydrogen) atoms. The number of rotatable bonds is 8. The maximum Gasteiger partial charge on any atom is 0.293 e. The Balaban J connectivity index is 2.20. The van der Waals surface area contributed by atoms with Gasteiger partial charge >= 0.3 is 0 Å². The molecule has 1 aromatic rings. The van der Waals surface area contributed by atoms with Gasteiger partial charge in [-0.1, -0.05) is 6.92 Å². The lowest BCUT2D eigenvalue weighted by Crippen LogP contribution is -2.37. The number of hydrogen-bond donors (Lipinski definition) is 2. The molecule has 1 saturated carbocycles. The fourth-order valence-electron chi connectivity index (χ4n) is 3.17. The molecule has 1 aliphatic rings. The van der Waals surface area contributed by atoms with Crippen molar-refractivity contribution in [2.45, 2.75) is 56.5 Å². The van der Waals surface area contributed by atoms with E-state index in [-0.39, 0.29) is 28.4 Å². The van der Waals surface area contributed by atoms with Gasteiger partial charge in [0, 0.05) is 25.3 Å².